The highest BCUT2D eigenvalue weighted by Gasteiger charge is 2.37. The minimum atomic E-state index is -1.08. The van der Waals surface area contributed by atoms with Crippen LogP contribution >= 0.6 is 0 Å². The van der Waals surface area contributed by atoms with Crippen LogP contribution in [0.1, 0.15) is 81.1 Å². The highest BCUT2D eigenvalue weighted by Crippen LogP contribution is 2.36. The Morgan fingerprint density at radius 1 is 1.19 bits per heavy atom. The van der Waals surface area contributed by atoms with Crippen LogP contribution in [0.25, 0.3) is 0 Å². The number of hydrogen-bond donors (Lipinski definition) is 1. The second kappa shape index (κ2) is 11.1. The number of esters is 1. The zero-order valence-electron chi connectivity index (χ0n) is 16.5. The Kier molecular flexibility index (Phi) is 8.85. The SMILES string of the molecule is CCCCCCOC(=O)c1cccc2c1OB(O)[C@@H](CC(=O)CCCC)C2. The standard InChI is InChI=1S/C21H31BO5/c1-3-5-7-8-13-26-21(24)19-12-9-10-16-14-17(22(25)27-20(16)19)15-18(23)11-6-4-2/h9-10,12,17,25H,3-8,11,13-15H2,1-2H3/t17-/m1/s1. The molecule has 148 valence electrons. The molecule has 1 aliphatic rings. The number of ketones is 1. The summed E-state index contributed by atoms with van der Waals surface area (Å²) in [7, 11) is -1.08. The molecule has 0 aromatic heterocycles. The van der Waals surface area contributed by atoms with E-state index < -0.39 is 13.1 Å². The first kappa shape index (κ1) is 21.5. The van der Waals surface area contributed by atoms with Crippen LogP contribution in [-0.2, 0) is 16.0 Å². The molecule has 0 aliphatic carbocycles. The van der Waals surface area contributed by atoms with Crippen molar-refractivity contribution < 1.29 is 24.0 Å². The molecule has 0 spiro atoms. The van der Waals surface area contributed by atoms with Crippen LogP contribution in [0, 0.1) is 0 Å². The first-order valence-corrected chi connectivity index (χ1v) is 10.2. The van der Waals surface area contributed by atoms with Crippen molar-refractivity contribution in [3.63, 3.8) is 0 Å². The number of benzene rings is 1. The van der Waals surface area contributed by atoms with E-state index in [9.17, 15) is 14.6 Å². The minimum absolute atomic E-state index is 0.149. The molecule has 0 fully saturated rings. The van der Waals surface area contributed by atoms with Crippen LogP contribution in [0.15, 0.2) is 18.2 Å². The Bertz CT molecular complexity index is 631. The highest BCUT2D eigenvalue weighted by molar-refractivity contribution is 6.47. The fourth-order valence-corrected chi connectivity index (χ4v) is 3.36. The molecule has 5 nitrogen and oxygen atoms in total. The van der Waals surface area contributed by atoms with E-state index in [1.165, 1.54) is 0 Å². The number of carbonyl (C=O) groups excluding carboxylic acids is 2. The van der Waals surface area contributed by atoms with Gasteiger partial charge in [-0.05, 0) is 30.9 Å². The third kappa shape index (κ3) is 6.38. The largest absolute Gasteiger partial charge is 0.535 e. The number of Topliss-reactive ketones (excluding diaryl/α,β-unsaturated/α-hetero) is 1. The molecule has 1 N–H and O–H groups in total. The lowest BCUT2D eigenvalue weighted by atomic mass is 9.64. The van der Waals surface area contributed by atoms with Crippen LogP contribution < -0.4 is 4.65 Å². The zero-order valence-corrected chi connectivity index (χ0v) is 16.5. The molecule has 1 atom stereocenters. The Morgan fingerprint density at radius 2 is 1.96 bits per heavy atom. The molecule has 2 rings (SSSR count). The van der Waals surface area contributed by atoms with Crippen LogP contribution in [0.4, 0.5) is 0 Å². The van der Waals surface area contributed by atoms with Crippen LogP contribution in [0.2, 0.25) is 5.82 Å². The maximum atomic E-state index is 12.4. The Morgan fingerprint density at radius 3 is 2.70 bits per heavy atom. The van der Waals surface area contributed by atoms with E-state index in [4.69, 9.17) is 9.39 Å². The molecule has 0 bridgehead atoms. The van der Waals surface area contributed by atoms with Gasteiger partial charge in [-0.25, -0.2) is 4.79 Å². The summed E-state index contributed by atoms with van der Waals surface area (Å²) in [5.74, 6) is -0.161. The van der Waals surface area contributed by atoms with Crippen LogP contribution in [0.5, 0.6) is 5.75 Å². The second-order valence-corrected chi connectivity index (χ2v) is 7.31. The van der Waals surface area contributed by atoms with Gasteiger partial charge in [0.05, 0.1) is 6.61 Å². The summed E-state index contributed by atoms with van der Waals surface area (Å²) in [5.41, 5.74) is 1.19. The molecule has 0 amide bonds. The van der Waals surface area contributed by atoms with E-state index in [-0.39, 0.29) is 11.6 Å². The third-order valence-electron chi connectivity index (χ3n) is 4.97. The maximum Gasteiger partial charge on any atom is 0.526 e. The van der Waals surface area contributed by atoms with Crippen molar-refractivity contribution in [1.29, 1.82) is 0 Å². The molecular weight excluding hydrogens is 343 g/mol. The summed E-state index contributed by atoms with van der Waals surface area (Å²) in [6, 6.07) is 5.33. The van der Waals surface area contributed by atoms with E-state index in [0.717, 1.165) is 44.1 Å². The van der Waals surface area contributed by atoms with Crippen molar-refractivity contribution in [1.82, 2.24) is 0 Å². The Hall–Kier alpha value is -1.82. The summed E-state index contributed by atoms with van der Waals surface area (Å²) >= 11 is 0. The average molecular weight is 374 g/mol. The Balaban J connectivity index is 1.98. The maximum absolute atomic E-state index is 12.4. The van der Waals surface area contributed by atoms with Gasteiger partial charge in [0.15, 0.2) is 0 Å². The van der Waals surface area contributed by atoms with Crippen molar-refractivity contribution in [2.75, 3.05) is 6.61 Å². The van der Waals surface area contributed by atoms with Crippen molar-refractivity contribution >= 4 is 18.9 Å². The molecule has 6 heteroatoms. The van der Waals surface area contributed by atoms with Crippen LogP contribution in [-0.4, -0.2) is 30.5 Å². The summed E-state index contributed by atoms with van der Waals surface area (Å²) in [6.45, 7) is 4.57. The van der Waals surface area contributed by atoms with Crippen molar-refractivity contribution in [3.8, 4) is 5.75 Å². The van der Waals surface area contributed by atoms with Gasteiger partial charge in [0, 0.05) is 18.7 Å². The fourth-order valence-electron chi connectivity index (χ4n) is 3.36. The number of hydrogen-bond acceptors (Lipinski definition) is 5. The van der Waals surface area contributed by atoms with Gasteiger partial charge in [0.1, 0.15) is 17.1 Å². The van der Waals surface area contributed by atoms with Gasteiger partial charge < -0.3 is 14.4 Å². The highest BCUT2D eigenvalue weighted by atomic mass is 16.5. The van der Waals surface area contributed by atoms with Gasteiger partial charge in [0.2, 0.25) is 0 Å². The van der Waals surface area contributed by atoms with Gasteiger partial charge in [0.25, 0.3) is 0 Å². The van der Waals surface area contributed by atoms with Crippen molar-refractivity contribution in [2.45, 2.75) is 77.5 Å². The van der Waals surface area contributed by atoms with Crippen LogP contribution in [0.3, 0.4) is 0 Å². The normalized spacial score (nSPS) is 15.8. The summed E-state index contributed by atoms with van der Waals surface area (Å²) in [6.07, 6.45) is 7.35. The third-order valence-corrected chi connectivity index (χ3v) is 4.97. The average Bonchev–Trinajstić information content (AvgIpc) is 2.66. The number of para-hydroxylation sites is 1. The van der Waals surface area contributed by atoms with Gasteiger partial charge in [-0.15, -0.1) is 0 Å². The van der Waals surface area contributed by atoms with E-state index in [0.29, 0.717) is 37.2 Å². The monoisotopic (exact) mass is 374 g/mol. The number of fused-ring (bicyclic) bond motifs is 1. The zero-order chi connectivity index (χ0) is 19.6. The van der Waals surface area contributed by atoms with Gasteiger partial charge in [-0.2, -0.15) is 0 Å². The number of unbranched alkanes of at least 4 members (excludes halogenated alkanes) is 4. The molecular formula is C21H31BO5. The lowest BCUT2D eigenvalue weighted by Crippen LogP contribution is -2.36. The lowest BCUT2D eigenvalue weighted by molar-refractivity contribution is -0.119. The summed E-state index contributed by atoms with van der Waals surface area (Å²) in [5, 5.41) is 10.3. The molecule has 0 saturated carbocycles. The lowest BCUT2D eigenvalue weighted by Gasteiger charge is -2.28. The molecule has 1 aromatic rings. The fraction of sp³-hybridized carbons (Fsp3) is 0.619. The van der Waals surface area contributed by atoms with Crippen molar-refractivity contribution in [2.24, 2.45) is 0 Å². The smallest absolute Gasteiger partial charge is 0.526 e. The predicted octanol–water partition coefficient (Wildman–Crippen LogP) is 4.36. The van der Waals surface area contributed by atoms with Gasteiger partial charge in [-0.1, -0.05) is 51.7 Å². The topological polar surface area (TPSA) is 72.8 Å². The molecule has 0 saturated heterocycles. The van der Waals surface area contributed by atoms with E-state index in [1.54, 1.807) is 12.1 Å². The minimum Gasteiger partial charge on any atom is -0.535 e. The number of rotatable bonds is 11. The second-order valence-electron chi connectivity index (χ2n) is 7.31. The quantitative estimate of drug-likeness (QED) is 0.354. The first-order valence-electron chi connectivity index (χ1n) is 10.2. The summed E-state index contributed by atoms with van der Waals surface area (Å²) in [4.78, 5) is 24.5. The van der Waals surface area contributed by atoms with Gasteiger partial charge in [-0.3, -0.25) is 4.79 Å². The first-order chi connectivity index (χ1) is 13.1. The Labute approximate surface area is 162 Å². The van der Waals surface area contributed by atoms with E-state index in [1.807, 2.05) is 13.0 Å². The molecule has 27 heavy (non-hydrogen) atoms. The number of ether oxygens (including phenoxy) is 1. The molecule has 0 radical (unpaired) electrons. The molecule has 1 aromatic carbocycles. The predicted molar refractivity (Wildman–Crippen MR) is 106 cm³/mol. The van der Waals surface area contributed by atoms with E-state index in [2.05, 4.69) is 6.92 Å². The number of carbonyl (C=O) groups is 2. The molecule has 1 heterocycles. The van der Waals surface area contributed by atoms with Gasteiger partial charge >= 0.3 is 13.1 Å². The molecule has 0 unspecified atom stereocenters. The molecule has 1 aliphatic heterocycles. The summed E-state index contributed by atoms with van der Waals surface area (Å²) < 4.78 is 11.0. The van der Waals surface area contributed by atoms with Crippen molar-refractivity contribution in [3.05, 3.63) is 29.3 Å². The van der Waals surface area contributed by atoms with E-state index >= 15 is 0 Å².